The molecule has 0 atom stereocenters. The van der Waals surface area contributed by atoms with Crippen LogP contribution in [0.2, 0.25) is 0 Å². The number of alkyl halides is 3. The van der Waals surface area contributed by atoms with Gasteiger partial charge in [0.15, 0.2) is 0 Å². The maximum atomic E-state index is 12.6. The van der Waals surface area contributed by atoms with E-state index < -0.39 is 17.8 Å². The van der Waals surface area contributed by atoms with E-state index >= 15 is 0 Å². The minimum Gasteiger partial charge on any atom is -0.474 e. The van der Waals surface area contributed by atoms with Crippen LogP contribution in [0.1, 0.15) is 28.9 Å². The van der Waals surface area contributed by atoms with Gasteiger partial charge in [-0.05, 0) is 12.1 Å². The van der Waals surface area contributed by atoms with Crippen LogP contribution in [0, 0.1) is 0 Å². The summed E-state index contributed by atoms with van der Waals surface area (Å²) in [5.41, 5.74) is 3.83. The second kappa shape index (κ2) is 5.66. The Morgan fingerprint density at radius 3 is 2.55 bits per heavy atom. The monoisotopic (exact) mass is 290 g/mol. The summed E-state index contributed by atoms with van der Waals surface area (Å²) in [6, 6.07) is 1.68. The highest BCUT2D eigenvalue weighted by molar-refractivity contribution is 5.95. The number of rotatable bonds is 3. The number of carbonyl (C=O) groups excluding carboxylic acids is 1. The maximum absolute atomic E-state index is 12.6. The molecule has 0 saturated carbocycles. The zero-order valence-corrected chi connectivity index (χ0v) is 10.4. The highest BCUT2D eigenvalue weighted by atomic mass is 19.4. The highest BCUT2D eigenvalue weighted by Crippen LogP contribution is 2.30. The van der Waals surface area contributed by atoms with Crippen molar-refractivity contribution in [2.45, 2.75) is 25.1 Å². The molecule has 8 heteroatoms. The molecule has 20 heavy (non-hydrogen) atoms. The van der Waals surface area contributed by atoms with E-state index in [0.29, 0.717) is 32.1 Å². The fourth-order valence-electron chi connectivity index (χ4n) is 1.83. The SMILES string of the molecule is NC(=O)c1ccc(C(F)(F)F)nc1OC1CCOCC1. The highest BCUT2D eigenvalue weighted by Gasteiger charge is 2.34. The molecule has 110 valence electrons. The van der Waals surface area contributed by atoms with E-state index in [0.717, 1.165) is 6.07 Å². The number of hydrogen-bond donors (Lipinski definition) is 1. The van der Waals surface area contributed by atoms with Gasteiger partial charge in [-0.25, -0.2) is 4.98 Å². The summed E-state index contributed by atoms with van der Waals surface area (Å²) >= 11 is 0. The van der Waals surface area contributed by atoms with Gasteiger partial charge in [-0.3, -0.25) is 4.79 Å². The lowest BCUT2D eigenvalue weighted by atomic mass is 10.1. The van der Waals surface area contributed by atoms with Crippen LogP contribution in [-0.4, -0.2) is 30.2 Å². The topological polar surface area (TPSA) is 74.4 Å². The van der Waals surface area contributed by atoms with E-state index in [1.807, 2.05) is 0 Å². The largest absolute Gasteiger partial charge is 0.474 e. The number of nitrogens with zero attached hydrogens (tertiary/aromatic N) is 1. The maximum Gasteiger partial charge on any atom is 0.433 e. The first-order chi connectivity index (χ1) is 9.38. The predicted molar refractivity (Wildman–Crippen MR) is 62.2 cm³/mol. The molecule has 0 aliphatic carbocycles. The number of primary amides is 1. The number of halogens is 3. The molecule has 1 amide bonds. The van der Waals surface area contributed by atoms with Crippen LogP contribution in [-0.2, 0) is 10.9 Å². The number of hydrogen-bond acceptors (Lipinski definition) is 4. The van der Waals surface area contributed by atoms with Gasteiger partial charge >= 0.3 is 6.18 Å². The lowest BCUT2D eigenvalue weighted by Gasteiger charge is -2.23. The lowest BCUT2D eigenvalue weighted by molar-refractivity contribution is -0.141. The molecule has 1 fully saturated rings. The van der Waals surface area contributed by atoms with Gasteiger partial charge < -0.3 is 15.2 Å². The van der Waals surface area contributed by atoms with Crippen molar-refractivity contribution in [1.29, 1.82) is 0 Å². The number of ether oxygens (including phenoxy) is 2. The van der Waals surface area contributed by atoms with Crippen molar-refractivity contribution in [1.82, 2.24) is 4.98 Å². The van der Waals surface area contributed by atoms with Crippen molar-refractivity contribution < 1.29 is 27.4 Å². The molecule has 1 aliphatic rings. The number of pyridine rings is 1. The molecular formula is C12H13F3N2O3. The van der Waals surface area contributed by atoms with Gasteiger partial charge in [0, 0.05) is 12.8 Å². The zero-order chi connectivity index (χ0) is 14.8. The van der Waals surface area contributed by atoms with Gasteiger partial charge in [-0.2, -0.15) is 13.2 Å². The first-order valence-electron chi connectivity index (χ1n) is 6.00. The number of carbonyl (C=O) groups is 1. The molecule has 0 bridgehead atoms. The Bertz CT molecular complexity index is 499. The van der Waals surface area contributed by atoms with E-state index in [1.165, 1.54) is 0 Å². The van der Waals surface area contributed by atoms with Crippen LogP contribution in [0.3, 0.4) is 0 Å². The number of aromatic nitrogens is 1. The third kappa shape index (κ3) is 3.38. The summed E-state index contributed by atoms with van der Waals surface area (Å²) < 4.78 is 48.4. The summed E-state index contributed by atoms with van der Waals surface area (Å²) in [6.45, 7) is 0.908. The van der Waals surface area contributed by atoms with Crippen LogP contribution in [0.5, 0.6) is 5.88 Å². The first-order valence-corrected chi connectivity index (χ1v) is 6.00. The molecule has 1 aromatic heterocycles. The molecule has 2 heterocycles. The van der Waals surface area contributed by atoms with Crippen molar-refractivity contribution in [3.8, 4) is 5.88 Å². The van der Waals surface area contributed by atoms with Crippen LogP contribution in [0.4, 0.5) is 13.2 Å². The van der Waals surface area contributed by atoms with Gasteiger partial charge in [-0.1, -0.05) is 0 Å². The Labute approximate surface area is 112 Å². The fourth-order valence-corrected chi connectivity index (χ4v) is 1.83. The summed E-state index contributed by atoms with van der Waals surface area (Å²) in [5, 5.41) is 0. The minimum absolute atomic E-state index is 0.163. The van der Waals surface area contributed by atoms with Crippen molar-refractivity contribution in [3.63, 3.8) is 0 Å². The quantitative estimate of drug-likeness (QED) is 0.920. The van der Waals surface area contributed by atoms with Crippen LogP contribution in [0.15, 0.2) is 12.1 Å². The fraction of sp³-hybridized carbons (Fsp3) is 0.500. The van der Waals surface area contributed by atoms with Crippen molar-refractivity contribution in [3.05, 3.63) is 23.4 Å². The van der Waals surface area contributed by atoms with E-state index in [1.54, 1.807) is 0 Å². The van der Waals surface area contributed by atoms with Crippen LogP contribution in [0.25, 0.3) is 0 Å². The van der Waals surface area contributed by atoms with Crippen molar-refractivity contribution >= 4 is 5.91 Å². The van der Waals surface area contributed by atoms with Crippen LogP contribution < -0.4 is 10.5 Å². The Kier molecular flexibility index (Phi) is 4.12. The molecule has 1 aromatic rings. The molecule has 0 spiro atoms. The Balaban J connectivity index is 2.29. The van der Waals surface area contributed by atoms with Crippen LogP contribution >= 0.6 is 0 Å². The van der Waals surface area contributed by atoms with E-state index in [-0.39, 0.29) is 17.5 Å². The number of nitrogens with two attached hydrogens (primary N) is 1. The molecule has 0 radical (unpaired) electrons. The summed E-state index contributed by atoms with van der Waals surface area (Å²) in [5.74, 6) is -1.26. The van der Waals surface area contributed by atoms with Gasteiger partial charge in [0.05, 0.1) is 13.2 Å². The van der Waals surface area contributed by atoms with Gasteiger partial charge in [-0.15, -0.1) is 0 Å². The van der Waals surface area contributed by atoms with Gasteiger partial charge in [0.25, 0.3) is 5.91 Å². The van der Waals surface area contributed by atoms with Gasteiger partial charge in [0.2, 0.25) is 5.88 Å². The van der Waals surface area contributed by atoms with E-state index in [9.17, 15) is 18.0 Å². The average Bonchev–Trinajstić information content (AvgIpc) is 2.38. The van der Waals surface area contributed by atoms with E-state index in [4.69, 9.17) is 15.2 Å². The Morgan fingerprint density at radius 1 is 1.35 bits per heavy atom. The normalized spacial score (nSPS) is 16.9. The average molecular weight is 290 g/mol. The standard InChI is InChI=1S/C12H13F3N2O3/c13-12(14,15)9-2-1-8(10(16)18)11(17-9)20-7-3-5-19-6-4-7/h1-2,7H,3-6H2,(H2,16,18). The molecule has 0 unspecified atom stereocenters. The molecule has 1 saturated heterocycles. The first kappa shape index (κ1) is 14.6. The molecule has 0 aromatic carbocycles. The van der Waals surface area contributed by atoms with Gasteiger partial charge in [0.1, 0.15) is 17.4 Å². The van der Waals surface area contributed by atoms with Crippen molar-refractivity contribution in [2.24, 2.45) is 5.73 Å². The second-order valence-corrected chi connectivity index (χ2v) is 4.34. The zero-order valence-electron chi connectivity index (χ0n) is 10.4. The molecule has 2 N–H and O–H groups in total. The molecule has 2 rings (SSSR count). The summed E-state index contributed by atoms with van der Waals surface area (Å²) in [7, 11) is 0. The van der Waals surface area contributed by atoms with E-state index in [2.05, 4.69) is 4.98 Å². The molecular weight excluding hydrogens is 277 g/mol. The summed E-state index contributed by atoms with van der Waals surface area (Å²) in [4.78, 5) is 14.6. The van der Waals surface area contributed by atoms with Crippen molar-refractivity contribution in [2.75, 3.05) is 13.2 Å². The third-order valence-electron chi connectivity index (χ3n) is 2.86. The Morgan fingerprint density at radius 2 is 2.00 bits per heavy atom. The Hall–Kier alpha value is -1.83. The smallest absolute Gasteiger partial charge is 0.433 e. The third-order valence-corrected chi connectivity index (χ3v) is 2.86. The lowest BCUT2D eigenvalue weighted by Crippen LogP contribution is -2.28. The minimum atomic E-state index is -4.61. The number of amides is 1. The molecule has 1 aliphatic heterocycles. The summed E-state index contributed by atoms with van der Waals surface area (Å²) in [6.07, 6.45) is -3.89. The second-order valence-electron chi connectivity index (χ2n) is 4.34. The molecule has 5 nitrogen and oxygen atoms in total. The predicted octanol–water partition coefficient (Wildman–Crippen LogP) is 1.76.